The lowest BCUT2D eigenvalue weighted by molar-refractivity contribution is 0.620. The van der Waals surface area contributed by atoms with Gasteiger partial charge in [0, 0.05) is 22.0 Å². The molecule has 0 radical (unpaired) electrons. The summed E-state index contributed by atoms with van der Waals surface area (Å²) in [4.78, 5) is 4.67. The Morgan fingerprint density at radius 3 is 2.25 bits per heavy atom. The van der Waals surface area contributed by atoms with Gasteiger partial charge in [-0.2, -0.15) is 0 Å². The van der Waals surface area contributed by atoms with Gasteiger partial charge >= 0.3 is 0 Å². The van der Waals surface area contributed by atoms with Crippen molar-refractivity contribution in [2.45, 2.75) is 0 Å². The minimum Gasteiger partial charge on any atom is -0.436 e. The van der Waals surface area contributed by atoms with E-state index in [1.54, 1.807) is 0 Å². The monoisotopic (exact) mass is 460 g/mol. The van der Waals surface area contributed by atoms with Crippen LogP contribution in [-0.4, -0.2) is 9.55 Å². The first-order chi connectivity index (χ1) is 17.8. The molecule has 0 amide bonds. The maximum Gasteiger partial charge on any atom is 0.227 e. The third-order valence-corrected chi connectivity index (χ3v) is 7.19. The molecule has 168 valence electrons. The number of para-hydroxylation sites is 3. The predicted octanol–water partition coefficient (Wildman–Crippen LogP) is 8.90. The molecule has 8 aromatic rings. The lowest BCUT2D eigenvalue weighted by Gasteiger charge is -2.10. The minimum absolute atomic E-state index is 0.649. The number of oxazole rings is 1. The highest BCUT2D eigenvalue weighted by Gasteiger charge is 2.15. The van der Waals surface area contributed by atoms with Crippen LogP contribution in [0.25, 0.3) is 71.6 Å². The minimum atomic E-state index is 0.649. The van der Waals surface area contributed by atoms with Crippen molar-refractivity contribution in [1.82, 2.24) is 9.55 Å². The molecule has 0 aliphatic rings. The molecule has 0 N–H and O–H groups in total. The van der Waals surface area contributed by atoms with Crippen LogP contribution in [0.2, 0.25) is 0 Å². The van der Waals surface area contributed by atoms with Crippen molar-refractivity contribution < 1.29 is 4.42 Å². The van der Waals surface area contributed by atoms with Gasteiger partial charge in [0.2, 0.25) is 5.89 Å². The summed E-state index contributed by atoms with van der Waals surface area (Å²) in [5.41, 5.74) is 6.25. The van der Waals surface area contributed by atoms with Crippen LogP contribution in [0.5, 0.6) is 0 Å². The van der Waals surface area contributed by atoms with E-state index in [2.05, 4.69) is 107 Å². The lowest BCUT2D eigenvalue weighted by atomic mass is 10.0. The van der Waals surface area contributed by atoms with Crippen LogP contribution in [0.15, 0.2) is 126 Å². The normalized spacial score (nSPS) is 11.9. The average Bonchev–Trinajstić information content (AvgIpc) is 3.52. The number of rotatable bonds is 2. The maximum atomic E-state index is 6.00. The molecule has 0 fully saturated rings. The standard InChI is InChI=1S/C33H20N2O/c1-2-8-26-21(7-1)16-18-30-32(26)27-9-3-5-11-29(27)35(30)25-17-15-22-19-24(14-13-23(22)20-25)33-34-28-10-4-6-12-31(28)36-33/h1-20H. The highest BCUT2D eigenvalue weighted by molar-refractivity contribution is 6.21. The van der Waals surface area contributed by atoms with Crippen LogP contribution in [-0.2, 0) is 0 Å². The number of fused-ring (bicyclic) bond motifs is 7. The first kappa shape index (κ1) is 19.4. The molecule has 36 heavy (non-hydrogen) atoms. The summed E-state index contributed by atoms with van der Waals surface area (Å²) in [5.74, 6) is 0.649. The third kappa shape index (κ3) is 2.77. The fraction of sp³-hybridized carbons (Fsp3) is 0. The van der Waals surface area contributed by atoms with E-state index in [0.717, 1.165) is 27.7 Å². The zero-order chi connectivity index (χ0) is 23.6. The third-order valence-electron chi connectivity index (χ3n) is 7.19. The van der Waals surface area contributed by atoms with E-state index in [9.17, 15) is 0 Å². The van der Waals surface area contributed by atoms with Gasteiger partial charge in [-0.3, -0.25) is 0 Å². The quantitative estimate of drug-likeness (QED) is 0.258. The molecule has 2 aromatic heterocycles. The molecule has 0 unspecified atom stereocenters. The first-order valence-corrected chi connectivity index (χ1v) is 12.1. The van der Waals surface area contributed by atoms with E-state index in [1.807, 2.05) is 24.3 Å². The van der Waals surface area contributed by atoms with Gasteiger partial charge in [0.15, 0.2) is 5.58 Å². The maximum absolute atomic E-state index is 6.00. The number of benzene rings is 6. The van der Waals surface area contributed by atoms with Crippen molar-refractivity contribution in [3.63, 3.8) is 0 Å². The van der Waals surface area contributed by atoms with Crippen LogP contribution < -0.4 is 0 Å². The summed E-state index contributed by atoms with van der Waals surface area (Å²) in [6.07, 6.45) is 0. The Morgan fingerprint density at radius 1 is 0.556 bits per heavy atom. The Morgan fingerprint density at radius 2 is 1.31 bits per heavy atom. The van der Waals surface area contributed by atoms with Gasteiger partial charge in [-0.1, -0.05) is 72.8 Å². The van der Waals surface area contributed by atoms with Gasteiger partial charge in [-0.25, -0.2) is 4.98 Å². The summed E-state index contributed by atoms with van der Waals surface area (Å²) in [6, 6.07) is 42.8. The van der Waals surface area contributed by atoms with E-state index in [4.69, 9.17) is 4.42 Å². The van der Waals surface area contributed by atoms with Gasteiger partial charge in [0.1, 0.15) is 5.52 Å². The van der Waals surface area contributed by atoms with Crippen molar-refractivity contribution in [3.05, 3.63) is 121 Å². The zero-order valence-corrected chi connectivity index (χ0v) is 19.3. The van der Waals surface area contributed by atoms with Crippen LogP contribution in [0, 0.1) is 0 Å². The lowest BCUT2D eigenvalue weighted by Crippen LogP contribution is -1.94. The Bertz CT molecular complexity index is 2080. The Kier molecular flexibility index (Phi) is 3.94. The molecule has 6 aromatic carbocycles. The molecular weight excluding hydrogens is 440 g/mol. The summed E-state index contributed by atoms with van der Waals surface area (Å²) in [7, 11) is 0. The van der Waals surface area contributed by atoms with Crippen LogP contribution >= 0.6 is 0 Å². The average molecular weight is 461 g/mol. The number of aromatic nitrogens is 2. The molecule has 0 saturated carbocycles. The fourth-order valence-electron chi connectivity index (χ4n) is 5.52. The van der Waals surface area contributed by atoms with Crippen molar-refractivity contribution in [3.8, 4) is 17.1 Å². The van der Waals surface area contributed by atoms with Crippen molar-refractivity contribution in [2.24, 2.45) is 0 Å². The molecule has 8 rings (SSSR count). The summed E-state index contributed by atoms with van der Waals surface area (Å²) >= 11 is 0. The van der Waals surface area contributed by atoms with E-state index in [1.165, 1.54) is 38.0 Å². The van der Waals surface area contributed by atoms with E-state index in [0.29, 0.717) is 5.89 Å². The first-order valence-electron chi connectivity index (χ1n) is 12.1. The molecule has 0 aliphatic carbocycles. The van der Waals surface area contributed by atoms with Crippen LogP contribution in [0.4, 0.5) is 0 Å². The second kappa shape index (κ2) is 7.30. The van der Waals surface area contributed by atoms with Crippen molar-refractivity contribution >= 4 is 54.5 Å². The van der Waals surface area contributed by atoms with Gasteiger partial charge in [0.25, 0.3) is 0 Å². The van der Waals surface area contributed by atoms with Gasteiger partial charge in [-0.05, 0) is 70.1 Å². The van der Waals surface area contributed by atoms with E-state index in [-0.39, 0.29) is 0 Å². The molecule has 3 heteroatoms. The second-order valence-corrected chi connectivity index (χ2v) is 9.27. The summed E-state index contributed by atoms with van der Waals surface area (Å²) in [6.45, 7) is 0. The van der Waals surface area contributed by atoms with Gasteiger partial charge in [0.05, 0.1) is 11.0 Å². The topological polar surface area (TPSA) is 31.0 Å². The molecule has 0 atom stereocenters. The smallest absolute Gasteiger partial charge is 0.227 e. The van der Waals surface area contributed by atoms with Crippen LogP contribution in [0.3, 0.4) is 0 Å². The molecule has 3 nitrogen and oxygen atoms in total. The van der Waals surface area contributed by atoms with Crippen LogP contribution in [0.1, 0.15) is 0 Å². The van der Waals surface area contributed by atoms with E-state index >= 15 is 0 Å². The molecular formula is C33H20N2O. The largest absolute Gasteiger partial charge is 0.436 e. The van der Waals surface area contributed by atoms with Crippen molar-refractivity contribution in [2.75, 3.05) is 0 Å². The highest BCUT2D eigenvalue weighted by atomic mass is 16.3. The predicted molar refractivity (Wildman–Crippen MR) is 149 cm³/mol. The summed E-state index contributed by atoms with van der Waals surface area (Å²) in [5, 5.41) is 7.46. The van der Waals surface area contributed by atoms with Gasteiger partial charge in [-0.15, -0.1) is 0 Å². The van der Waals surface area contributed by atoms with Gasteiger partial charge < -0.3 is 8.98 Å². The number of hydrogen-bond donors (Lipinski definition) is 0. The zero-order valence-electron chi connectivity index (χ0n) is 19.3. The Balaban J connectivity index is 1.33. The number of hydrogen-bond acceptors (Lipinski definition) is 2. The Hall–Kier alpha value is -4.89. The van der Waals surface area contributed by atoms with E-state index < -0.39 is 0 Å². The fourth-order valence-corrected chi connectivity index (χ4v) is 5.52. The highest BCUT2D eigenvalue weighted by Crippen LogP contribution is 2.37. The molecule has 2 heterocycles. The Labute approximate surface area is 206 Å². The van der Waals surface area contributed by atoms with Crippen molar-refractivity contribution in [1.29, 1.82) is 0 Å². The molecule has 0 spiro atoms. The molecule has 0 bridgehead atoms. The SMILES string of the molecule is c1ccc2c(c1)ccc1c2c2ccccc2n1-c1ccc2cc(-c3nc4ccccc4o3)ccc2c1. The number of nitrogens with zero attached hydrogens (tertiary/aromatic N) is 2. The second-order valence-electron chi connectivity index (χ2n) is 9.27. The molecule has 0 aliphatic heterocycles. The molecule has 0 saturated heterocycles. The summed E-state index contributed by atoms with van der Waals surface area (Å²) < 4.78 is 8.38.